The fourth-order valence-corrected chi connectivity index (χ4v) is 3.65. The quantitative estimate of drug-likeness (QED) is 0.724. The zero-order valence-corrected chi connectivity index (χ0v) is 15.0. The summed E-state index contributed by atoms with van der Waals surface area (Å²) in [5, 5.41) is 0. The number of ether oxygens (including phenoxy) is 4. The predicted molar refractivity (Wildman–Crippen MR) is 91.1 cm³/mol. The van der Waals surface area contributed by atoms with Crippen LogP contribution in [0.5, 0.6) is 11.5 Å². The fourth-order valence-electron chi connectivity index (χ4n) is 3.65. The maximum absolute atomic E-state index is 12.9. The highest BCUT2D eigenvalue weighted by Gasteiger charge is 2.45. The highest BCUT2D eigenvalue weighted by Crippen LogP contribution is 2.39. The summed E-state index contributed by atoms with van der Waals surface area (Å²) in [4.78, 5) is 14.6. The molecule has 25 heavy (non-hydrogen) atoms. The first-order chi connectivity index (χ1) is 11.8. The standard InChI is InChI=1S/C19H23NO5/c1-11-5-6-14-17(25-19(2,3)24-14)18(21)20(4)9-12-7-15-16(8-13(11)12)23-10-22-15/h5,7-8,14,17H,6,9-10H2,1-4H3/t14-,17+/m1/s1. The molecule has 6 nitrogen and oxygen atoms in total. The predicted octanol–water partition coefficient (Wildman–Crippen LogP) is 2.70. The molecule has 3 heterocycles. The van der Waals surface area contributed by atoms with Crippen LogP contribution in [0.15, 0.2) is 18.2 Å². The second-order valence-electron chi connectivity index (χ2n) is 7.27. The Bertz CT molecular complexity index is 754. The number of carbonyl (C=O) groups excluding carboxylic acids is 1. The third kappa shape index (κ3) is 2.89. The molecular weight excluding hydrogens is 322 g/mol. The molecular formula is C19H23NO5. The Morgan fingerprint density at radius 2 is 1.88 bits per heavy atom. The first kappa shape index (κ1) is 16.4. The summed E-state index contributed by atoms with van der Waals surface area (Å²) in [6.07, 6.45) is 1.87. The minimum atomic E-state index is -0.753. The van der Waals surface area contributed by atoms with Crippen molar-refractivity contribution >= 4 is 11.5 Å². The van der Waals surface area contributed by atoms with Crippen LogP contribution < -0.4 is 9.47 Å². The number of amides is 1. The van der Waals surface area contributed by atoms with E-state index in [-0.39, 0.29) is 18.8 Å². The number of allylic oxidation sites excluding steroid dienone is 1. The third-order valence-corrected chi connectivity index (χ3v) is 4.89. The lowest BCUT2D eigenvalue weighted by molar-refractivity contribution is -0.161. The van der Waals surface area contributed by atoms with Gasteiger partial charge in [-0.3, -0.25) is 4.79 Å². The summed E-state index contributed by atoms with van der Waals surface area (Å²) < 4.78 is 22.8. The van der Waals surface area contributed by atoms with Crippen molar-refractivity contribution in [2.75, 3.05) is 13.8 Å². The number of rotatable bonds is 0. The third-order valence-electron chi connectivity index (χ3n) is 4.89. The molecule has 0 radical (unpaired) electrons. The summed E-state index contributed by atoms with van der Waals surface area (Å²) >= 11 is 0. The minimum Gasteiger partial charge on any atom is -0.454 e. The average Bonchev–Trinajstić information content (AvgIpc) is 3.13. The SMILES string of the molecule is CC1=CC[C@H]2OC(C)(C)O[C@@H]2C(=O)N(C)Cc2cc3c(cc21)OCO3. The summed E-state index contributed by atoms with van der Waals surface area (Å²) in [5.74, 6) is 0.658. The molecule has 0 unspecified atom stereocenters. The average molecular weight is 345 g/mol. The zero-order chi connectivity index (χ0) is 17.8. The highest BCUT2D eigenvalue weighted by molar-refractivity contribution is 5.82. The monoisotopic (exact) mass is 345 g/mol. The Morgan fingerprint density at radius 1 is 1.16 bits per heavy atom. The van der Waals surface area contributed by atoms with Gasteiger partial charge in [0.25, 0.3) is 5.91 Å². The molecule has 4 rings (SSSR count). The van der Waals surface area contributed by atoms with Gasteiger partial charge in [-0.15, -0.1) is 0 Å². The van der Waals surface area contributed by atoms with Crippen LogP contribution in [-0.4, -0.2) is 42.6 Å². The van der Waals surface area contributed by atoms with Gasteiger partial charge in [-0.1, -0.05) is 6.08 Å². The van der Waals surface area contributed by atoms with Gasteiger partial charge >= 0.3 is 0 Å². The maximum atomic E-state index is 12.9. The topological polar surface area (TPSA) is 57.2 Å². The van der Waals surface area contributed by atoms with Gasteiger partial charge in [-0.2, -0.15) is 0 Å². The Hall–Kier alpha value is -2.05. The molecule has 0 spiro atoms. The lowest BCUT2D eigenvalue weighted by Crippen LogP contribution is -2.42. The molecule has 6 heteroatoms. The van der Waals surface area contributed by atoms with E-state index in [2.05, 4.69) is 13.0 Å². The number of likely N-dealkylation sites (N-methyl/N-ethyl adjacent to an activating group) is 1. The molecule has 1 aromatic rings. The molecule has 3 aliphatic heterocycles. The van der Waals surface area contributed by atoms with Gasteiger partial charge in [0.05, 0.1) is 6.10 Å². The van der Waals surface area contributed by atoms with Crippen LogP contribution >= 0.6 is 0 Å². The molecule has 1 saturated heterocycles. The second kappa shape index (κ2) is 5.75. The van der Waals surface area contributed by atoms with Crippen molar-refractivity contribution in [3.8, 4) is 11.5 Å². The van der Waals surface area contributed by atoms with Crippen LogP contribution in [0.3, 0.4) is 0 Å². The van der Waals surface area contributed by atoms with E-state index in [1.54, 1.807) is 11.9 Å². The van der Waals surface area contributed by atoms with Gasteiger partial charge in [-0.25, -0.2) is 0 Å². The van der Waals surface area contributed by atoms with E-state index in [1.807, 2.05) is 26.0 Å². The number of hydrogen-bond donors (Lipinski definition) is 0. The Balaban J connectivity index is 1.75. The molecule has 0 N–H and O–H groups in total. The Kier molecular flexibility index (Phi) is 3.77. The molecule has 0 aromatic heterocycles. The van der Waals surface area contributed by atoms with Crippen molar-refractivity contribution in [2.45, 2.75) is 51.7 Å². The Morgan fingerprint density at radius 3 is 2.64 bits per heavy atom. The van der Waals surface area contributed by atoms with Crippen LogP contribution in [-0.2, 0) is 20.8 Å². The van der Waals surface area contributed by atoms with Crippen molar-refractivity contribution in [2.24, 2.45) is 0 Å². The molecule has 134 valence electrons. The molecule has 2 atom stereocenters. The van der Waals surface area contributed by atoms with Gasteiger partial charge in [0.15, 0.2) is 23.4 Å². The first-order valence-corrected chi connectivity index (χ1v) is 8.54. The van der Waals surface area contributed by atoms with E-state index in [4.69, 9.17) is 18.9 Å². The van der Waals surface area contributed by atoms with Crippen LogP contribution in [0, 0.1) is 0 Å². The van der Waals surface area contributed by atoms with E-state index in [1.165, 1.54) is 0 Å². The minimum absolute atomic E-state index is 0.0628. The van der Waals surface area contributed by atoms with Gasteiger partial charge in [0.2, 0.25) is 6.79 Å². The number of nitrogens with zero attached hydrogens (tertiary/aromatic N) is 1. The molecule has 1 fully saturated rings. The molecule has 0 aliphatic carbocycles. The van der Waals surface area contributed by atoms with Gasteiger partial charge in [-0.05, 0) is 56.0 Å². The van der Waals surface area contributed by atoms with E-state index in [0.29, 0.717) is 13.0 Å². The van der Waals surface area contributed by atoms with Crippen molar-refractivity contribution < 1.29 is 23.7 Å². The van der Waals surface area contributed by atoms with Crippen LogP contribution in [0.1, 0.15) is 38.3 Å². The molecule has 1 amide bonds. The van der Waals surface area contributed by atoms with Crippen molar-refractivity contribution in [3.05, 3.63) is 29.3 Å². The van der Waals surface area contributed by atoms with E-state index in [0.717, 1.165) is 28.2 Å². The second-order valence-corrected chi connectivity index (χ2v) is 7.27. The van der Waals surface area contributed by atoms with Gasteiger partial charge in [0, 0.05) is 13.6 Å². The van der Waals surface area contributed by atoms with Gasteiger partial charge < -0.3 is 23.8 Å². The largest absolute Gasteiger partial charge is 0.454 e. The lowest BCUT2D eigenvalue weighted by Gasteiger charge is -2.26. The van der Waals surface area contributed by atoms with Crippen molar-refractivity contribution in [3.63, 3.8) is 0 Å². The summed E-state index contributed by atoms with van der Waals surface area (Å²) in [6.45, 7) is 6.47. The summed E-state index contributed by atoms with van der Waals surface area (Å²) in [6, 6.07) is 3.96. The molecule has 3 aliphatic rings. The fraction of sp³-hybridized carbons (Fsp3) is 0.526. The summed E-state index contributed by atoms with van der Waals surface area (Å²) in [7, 11) is 1.79. The van der Waals surface area contributed by atoms with Crippen molar-refractivity contribution in [1.82, 2.24) is 4.90 Å². The van der Waals surface area contributed by atoms with E-state index in [9.17, 15) is 4.79 Å². The number of fused-ring (bicyclic) bond motifs is 3. The Labute approximate surface area is 147 Å². The number of hydrogen-bond acceptors (Lipinski definition) is 5. The van der Waals surface area contributed by atoms with E-state index >= 15 is 0 Å². The van der Waals surface area contributed by atoms with Gasteiger partial charge in [0.1, 0.15) is 0 Å². The summed E-state index contributed by atoms with van der Waals surface area (Å²) in [5.41, 5.74) is 3.23. The maximum Gasteiger partial charge on any atom is 0.254 e. The number of carbonyl (C=O) groups is 1. The molecule has 1 aromatic carbocycles. The van der Waals surface area contributed by atoms with Crippen LogP contribution in [0.2, 0.25) is 0 Å². The zero-order valence-electron chi connectivity index (χ0n) is 15.0. The molecule has 0 bridgehead atoms. The highest BCUT2D eigenvalue weighted by atomic mass is 16.8. The van der Waals surface area contributed by atoms with Crippen molar-refractivity contribution in [1.29, 1.82) is 0 Å². The molecule has 0 saturated carbocycles. The smallest absolute Gasteiger partial charge is 0.254 e. The number of benzene rings is 1. The van der Waals surface area contributed by atoms with Crippen LogP contribution in [0.4, 0.5) is 0 Å². The van der Waals surface area contributed by atoms with Crippen LogP contribution in [0.25, 0.3) is 5.57 Å². The lowest BCUT2D eigenvalue weighted by atomic mass is 9.96. The first-order valence-electron chi connectivity index (χ1n) is 8.54. The van der Waals surface area contributed by atoms with E-state index < -0.39 is 11.9 Å². The normalized spacial score (nSPS) is 27.6.